The van der Waals surface area contributed by atoms with E-state index in [1.54, 1.807) is 19.2 Å². The van der Waals surface area contributed by atoms with Crippen LogP contribution >= 0.6 is 11.8 Å². The van der Waals surface area contributed by atoms with Gasteiger partial charge < -0.3 is 5.32 Å². The second kappa shape index (κ2) is 7.20. The normalized spacial score (nSPS) is 13.6. The van der Waals surface area contributed by atoms with Gasteiger partial charge in [0.1, 0.15) is 0 Å². The Morgan fingerprint density at radius 3 is 2.53 bits per heavy atom. The molecule has 0 bridgehead atoms. The Balaban J connectivity index is 2.92. The highest BCUT2D eigenvalue weighted by Gasteiger charge is 2.33. The largest absolute Gasteiger partial charge is 0.416 e. The maximum Gasteiger partial charge on any atom is 0.416 e. The Labute approximate surface area is 117 Å². The third-order valence-corrected chi connectivity index (χ3v) is 4.31. The molecule has 1 aromatic rings. The first-order valence-electron chi connectivity index (χ1n) is 6.36. The lowest BCUT2D eigenvalue weighted by Gasteiger charge is -2.15. The Kier molecular flexibility index (Phi) is 6.20. The summed E-state index contributed by atoms with van der Waals surface area (Å²) >= 11 is 1.49. The van der Waals surface area contributed by atoms with Crippen LogP contribution in [0.2, 0.25) is 0 Å². The zero-order valence-electron chi connectivity index (χ0n) is 11.5. The average Bonchev–Trinajstić information content (AvgIpc) is 2.36. The first-order valence-corrected chi connectivity index (χ1v) is 7.34. The van der Waals surface area contributed by atoms with E-state index in [0.29, 0.717) is 16.4 Å². The van der Waals surface area contributed by atoms with Crippen molar-refractivity contribution in [1.29, 1.82) is 0 Å². The van der Waals surface area contributed by atoms with E-state index in [-0.39, 0.29) is 6.54 Å². The summed E-state index contributed by atoms with van der Waals surface area (Å²) in [6, 6.07) is 4.60. The monoisotopic (exact) mass is 291 g/mol. The summed E-state index contributed by atoms with van der Waals surface area (Å²) in [6.45, 7) is 4.42. The minimum atomic E-state index is -4.29. The number of hydrogen-bond donors (Lipinski definition) is 1. The SMILES string of the molecule is CCC(C)CSc1ccc(CNC)c(C(F)(F)F)c1. The number of alkyl halides is 3. The van der Waals surface area contributed by atoms with Crippen molar-refractivity contribution in [2.45, 2.75) is 37.9 Å². The van der Waals surface area contributed by atoms with Crippen LogP contribution < -0.4 is 5.32 Å². The molecule has 0 aliphatic carbocycles. The number of halogens is 3. The third kappa shape index (κ3) is 5.07. The van der Waals surface area contributed by atoms with E-state index in [9.17, 15) is 13.2 Å². The van der Waals surface area contributed by atoms with Crippen LogP contribution in [0.5, 0.6) is 0 Å². The number of benzene rings is 1. The van der Waals surface area contributed by atoms with Gasteiger partial charge in [0, 0.05) is 17.2 Å². The van der Waals surface area contributed by atoms with Crippen LogP contribution in [0, 0.1) is 5.92 Å². The Morgan fingerprint density at radius 2 is 2.00 bits per heavy atom. The predicted octanol–water partition coefficient (Wildman–Crippen LogP) is 4.56. The van der Waals surface area contributed by atoms with Gasteiger partial charge >= 0.3 is 6.18 Å². The molecule has 0 aliphatic heterocycles. The Bertz CT molecular complexity index is 404. The summed E-state index contributed by atoms with van der Waals surface area (Å²) in [5, 5.41) is 2.77. The molecular weight excluding hydrogens is 271 g/mol. The molecule has 0 aromatic heterocycles. The maximum absolute atomic E-state index is 13.0. The molecule has 1 N–H and O–H groups in total. The molecule has 0 radical (unpaired) electrons. The third-order valence-electron chi connectivity index (χ3n) is 2.99. The quantitative estimate of drug-likeness (QED) is 0.771. The highest BCUT2D eigenvalue weighted by atomic mass is 32.2. The van der Waals surface area contributed by atoms with Crippen molar-refractivity contribution in [1.82, 2.24) is 5.32 Å². The van der Waals surface area contributed by atoms with Crippen LogP contribution in [-0.2, 0) is 12.7 Å². The van der Waals surface area contributed by atoms with Gasteiger partial charge in [-0.3, -0.25) is 0 Å². The minimum Gasteiger partial charge on any atom is -0.316 e. The molecule has 0 spiro atoms. The molecule has 1 nitrogen and oxygen atoms in total. The molecule has 0 saturated heterocycles. The molecule has 108 valence electrons. The molecule has 0 aliphatic rings. The van der Waals surface area contributed by atoms with Crippen LogP contribution in [-0.4, -0.2) is 12.8 Å². The van der Waals surface area contributed by atoms with Gasteiger partial charge in [-0.1, -0.05) is 26.3 Å². The van der Waals surface area contributed by atoms with Crippen molar-refractivity contribution in [3.8, 4) is 0 Å². The van der Waals surface area contributed by atoms with Gasteiger partial charge in [0.25, 0.3) is 0 Å². The van der Waals surface area contributed by atoms with Gasteiger partial charge in [0.05, 0.1) is 5.56 Å². The van der Waals surface area contributed by atoms with Gasteiger partial charge in [-0.25, -0.2) is 0 Å². The average molecular weight is 291 g/mol. The topological polar surface area (TPSA) is 12.0 Å². The molecule has 1 rings (SSSR count). The van der Waals surface area contributed by atoms with Crippen molar-refractivity contribution >= 4 is 11.8 Å². The minimum absolute atomic E-state index is 0.227. The fourth-order valence-corrected chi connectivity index (χ4v) is 2.69. The summed E-state index contributed by atoms with van der Waals surface area (Å²) in [7, 11) is 1.64. The summed E-state index contributed by atoms with van der Waals surface area (Å²) in [4.78, 5) is 0.687. The molecule has 1 aromatic carbocycles. The standard InChI is InChI=1S/C14H20F3NS/c1-4-10(2)9-19-12-6-5-11(8-18-3)13(7-12)14(15,16)17/h5-7,10,18H,4,8-9H2,1-3H3. The molecule has 19 heavy (non-hydrogen) atoms. The number of hydrogen-bond acceptors (Lipinski definition) is 2. The molecule has 1 atom stereocenters. The molecule has 0 heterocycles. The van der Waals surface area contributed by atoms with Crippen LogP contribution in [0.4, 0.5) is 13.2 Å². The lowest BCUT2D eigenvalue weighted by Crippen LogP contribution is -2.14. The second-order valence-corrected chi connectivity index (χ2v) is 5.76. The number of thioether (sulfide) groups is 1. The van der Waals surface area contributed by atoms with Crippen LogP contribution in [0.15, 0.2) is 23.1 Å². The Morgan fingerprint density at radius 1 is 1.32 bits per heavy atom. The zero-order chi connectivity index (χ0) is 14.5. The fraction of sp³-hybridized carbons (Fsp3) is 0.571. The van der Waals surface area contributed by atoms with Crippen LogP contribution in [0.1, 0.15) is 31.4 Å². The van der Waals surface area contributed by atoms with Gasteiger partial charge in [-0.15, -0.1) is 11.8 Å². The summed E-state index contributed by atoms with van der Waals surface area (Å²) in [5.41, 5.74) is -0.237. The first kappa shape index (κ1) is 16.4. The molecule has 0 fully saturated rings. The molecule has 0 saturated carbocycles. The molecule has 0 amide bonds. The molecule has 1 unspecified atom stereocenters. The lowest BCUT2D eigenvalue weighted by molar-refractivity contribution is -0.138. The van der Waals surface area contributed by atoms with Crippen molar-refractivity contribution in [3.63, 3.8) is 0 Å². The van der Waals surface area contributed by atoms with Crippen LogP contribution in [0.3, 0.4) is 0 Å². The van der Waals surface area contributed by atoms with Gasteiger partial charge in [0.2, 0.25) is 0 Å². The van der Waals surface area contributed by atoms with E-state index in [4.69, 9.17) is 0 Å². The van der Waals surface area contributed by atoms with Crippen LogP contribution in [0.25, 0.3) is 0 Å². The fourth-order valence-electron chi connectivity index (χ4n) is 1.61. The van der Waals surface area contributed by atoms with Crippen molar-refractivity contribution in [3.05, 3.63) is 29.3 Å². The maximum atomic E-state index is 13.0. The van der Waals surface area contributed by atoms with Gasteiger partial charge in [-0.05, 0) is 30.7 Å². The van der Waals surface area contributed by atoms with E-state index in [2.05, 4.69) is 19.2 Å². The highest BCUT2D eigenvalue weighted by molar-refractivity contribution is 7.99. The van der Waals surface area contributed by atoms with E-state index >= 15 is 0 Å². The van der Waals surface area contributed by atoms with Crippen molar-refractivity contribution in [2.24, 2.45) is 5.92 Å². The number of nitrogens with one attached hydrogen (secondary N) is 1. The van der Waals surface area contributed by atoms with Crippen molar-refractivity contribution in [2.75, 3.05) is 12.8 Å². The van der Waals surface area contributed by atoms with E-state index in [1.807, 2.05) is 0 Å². The molecule has 5 heteroatoms. The van der Waals surface area contributed by atoms with E-state index in [1.165, 1.54) is 17.8 Å². The smallest absolute Gasteiger partial charge is 0.316 e. The first-order chi connectivity index (χ1) is 8.88. The Hall–Kier alpha value is -0.680. The van der Waals surface area contributed by atoms with Gasteiger partial charge in [0.15, 0.2) is 0 Å². The summed E-state index contributed by atoms with van der Waals surface area (Å²) in [6.07, 6.45) is -3.25. The predicted molar refractivity (Wildman–Crippen MR) is 74.4 cm³/mol. The van der Waals surface area contributed by atoms with Crippen molar-refractivity contribution < 1.29 is 13.2 Å². The lowest BCUT2D eigenvalue weighted by atomic mass is 10.1. The number of rotatable bonds is 6. The zero-order valence-corrected chi connectivity index (χ0v) is 12.3. The van der Waals surface area contributed by atoms with Gasteiger partial charge in [-0.2, -0.15) is 13.2 Å². The molecular formula is C14H20F3NS. The van der Waals surface area contributed by atoms with E-state index < -0.39 is 11.7 Å². The summed E-state index contributed by atoms with van der Waals surface area (Å²) in [5.74, 6) is 1.36. The highest BCUT2D eigenvalue weighted by Crippen LogP contribution is 2.35. The second-order valence-electron chi connectivity index (χ2n) is 4.67. The summed E-state index contributed by atoms with van der Waals surface area (Å²) < 4.78 is 38.9. The van der Waals surface area contributed by atoms with E-state index in [0.717, 1.165) is 12.2 Å².